The van der Waals surface area contributed by atoms with Gasteiger partial charge in [-0.15, -0.1) is 0 Å². The number of primary amides is 1. The van der Waals surface area contributed by atoms with Crippen molar-refractivity contribution >= 4 is 39.2 Å². The molecule has 0 aliphatic heterocycles. The number of anilines is 4. The Labute approximate surface area is 202 Å². The first-order valence-corrected chi connectivity index (χ1v) is 11.8. The van der Waals surface area contributed by atoms with Crippen LogP contribution in [0, 0.1) is 0 Å². The summed E-state index contributed by atoms with van der Waals surface area (Å²) in [5.74, 6) is -1.82. The van der Waals surface area contributed by atoms with Gasteiger partial charge in [-0.2, -0.15) is 18.2 Å². The molecule has 1 aromatic carbocycles. The fraction of sp³-hybridized carbons (Fsp3) is 0.250. The van der Waals surface area contributed by atoms with Crippen LogP contribution < -0.4 is 20.7 Å². The van der Waals surface area contributed by atoms with E-state index in [0.29, 0.717) is 6.20 Å². The molecule has 0 unspecified atom stereocenters. The molecule has 192 valence electrons. The summed E-state index contributed by atoms with van der Waals surface area (Å²) in [5, 5.41) is 5.11. The molecule has 0 radical (unpaired) electrons. The van der Waals surface area contributed by atoms with Gasteiger partial charge in [0.1, 0.15) is 23.7 Å². The molecule has 0 spiro atoms. The molecule has 0 bridgehead atoms. The molecule has 0 saturated heterocycles. The highest BCUT2D eigenvalue weighted by molar-refractivity contribution is 7.92. The topological polar surface area (TPSA) is 156 Å². The smallest absolute Gasteiger partial charge is 0.366 e. The summed E-state index contributed by atoms with van der Waals surface area (Å²) in [7, 11) is -2.50. The zero-order valence-corrected chi connectivity index (χ0v) is 19.7. The zero-order valence-electron chi connectivity index (χ0n) is 18.8. The van der Waals surface area contributed by atoms with Crippen LogP contribution in [0.1, 0.15) is 27.2 Å². The van der Waals surface area contributed by atoms with Gasteiger partial charge in [0, 0.05) is 42.5 Å². The van der Waals surface area contributed by atoms with Gasteiger partial charge >= 0.3 is 6.18 Å². The summed E-state index contributed by atoms with van der Waals surface area (Å²) in [6.45, 7) is -1.37. The number of alkyl halides is 4. The summed E-state index contributed by atoms with van der Waals surface area (Å²) in [5.41, 5.74) is 4.18. The standard InChI is InChI=1S/C20H20F4N8O3S/c1-32(36(2,34)35)18-15(26-5-6-27-18)10-28-17-13(20(22,23)24)9-29-19(31-17)30-14-4-3-11(16(25)33)7-12(14)8-21/h3-7,9H,8,10H2,1-2H3,(H2,25,33)(H2,28,29,30,31). The highest BCUT2D eigenvalue weighted by atomic mass is 32.2. The Morgan fingerprint density at radius 1 is 1.17 bits per heavy atom. The van der Waals surface area contributed by atoms with Gasteiger partial charge in [-0.3, -0.25) is 14.1 Å². The number of nitrogens with one attached hydrogen (secondary N) is 2. The number of nitrogens with zero attached hydrogens (tertiary/aromatic N) is 5. The monoisotopic (exact) mass is 528 g/mol. The third kappa shape index (κ3) is 6.12. The lowest BCUT2D eigenvalue weighted by atomic mass is 10.1. The molecule has 3 rings (SSSR count). The lowest BCUT2D eigenvalue weighted by Crippen LogP contribution is -2.27. The van der Waals surface area contributed by atoms with Crippen LogP contribution in [0.5, 0.6) is 0 Å². The van der Waals surface area contributed by atoms with Crippen molar-refractivity contribution in [1.82, 2.24) is 19.9 Å². The molecule has 2 heterocycles. The van der Waals surface area contributed by atoms with Crippen LogP contribution in [-0.2, 0) is 29.4 Å². The number of amides is 1. The summed E-state index contributed by atoms with van der Waals surface area (Å²) in [6.07, 6.45) is -0.874. The number of halogens is 4. The second-order valence-electron chi connectivity index (χ2n) is 7.36. The predicted molar refractivity (Wildman–Crippen MR) is 123 cm³/mol. The summed E-state index contributed by atoms with van der Waals surface area (Å²) >= 11 is 0. The molecular weight excluding hydrogens is 508 g/mol. The van der Waals surface area contributed by atoms with E-state index in [-0.39, 0.29) is 40.8 Å². The van der Waals surface area contributed by atoms with Crippen molar-refractivity contribution in [3.05, 3.63) is 59.2 Å². The minimum absolute atomic E-state index is 0.0114. The van der Waals surface area contributed by atoms with Gasteiger partial charge in [-0.1, -0.05) is 0 Å². The molecule has 1 amide bonds. The number of hydrogen-bond donors (Lipinski definition) is 3. The molecule has 0 saturated carbocycles. The Bertz CT molecular complexity index is 1390. The minimum Gasteiger partial charge on any atom is -0.366 e. The summed E-state index contributed by atoms with van der Waals surface area (Å²) in [4.78, 5) is 26.8. The number of hydrogen-bond acceptors (Lipinski definition) is 9. The zero-order chi connectivity index (χ0) is 26.7. The Kier molecular flexibility index (Phi) is 7.57. The number of sulfonamides is 1. The third-order valence-corrected chi connectivity index (χ3v) is 6.01. The first-order chi connectivity index (χ1) is 16.8. The van der Waals surface area contributed by atoms with Crippen molar-refractivity contribution in [2.75, 3.05) is 28.2 Å². The van der Waals surface area contributed by atoms with E-state index in [0.717, 1.165) is 10.6 Å². The van der Waals surface area contributed by atoms with Gasteiger partial charge in [-0.05, 0) is 18.2 Å². The normalized spacial score (nSPS) is 11.7. The second kappa shape index (κ2) is 10.3. The highest BCUT2D eigenvalue weighted by Gasteiger charge is 2.35. The van der Waals surface area contributed by atoms with E-state index >= 15 is 0 Å². The maximum absolute atomic E-state index is 13.6. The maximum atomic E-state index is 13.6. The number of aromatic nitrogens is 4. The minimum atomic E-state index is -4.83. The van der Waals surface area contributed by atoms with Crippen LogP contribution in [0.25, 0.3) is 0 Å². The van der Waals surface area contributed by atoms with Gasteiger partial charge < -0.3 is 16.4 Å². The third-order valence-electron chi connectivity index (χ3n) is 4.85. The molecule has 0 aliphatic carbocycles. The van der Waals surface area contributed by atoms with Crippen molar-refractivity contribution in [2.24, 2.45) is 5.73 Å². The van der Waals surface area contributed by atoms with Gasteiger partial charge in [0.15, 0.2) is 5.82 Å². The van der Waals surface area contributed by atoms with Crippen LogP contribution in [0.4, 0.5) is 40.8 Å². The molecule has 0 atom stereocenters. The van der Waals surface area contributed by atoms with Crippen molar-refractivity contribution in [2.45, 2.75) is 19.4 Å². The lowest BCUT2D eigenvalue weighted by molar-refractivity contribution is -0.137. The average molecular weight is 528 g/mol. The van der Waals surface area contributed by atoms with E-state index in [1.165, 1.54) is 37.6 Å². The van der Waals surface area contributed by atoms with Crippen LogP contribution >= 0.6 is 0 Å². The van der Waals surface area contributed by atoms with Gasteiger partial charge in [0.05, 0.1) is 12.8 Å². The molecule has 0 aliphatic rings. The summed E-state index contributed by atoms with van der Waals surface area (Å²) in [6, 6.07) is 3.82. The Balaban J connectivity index is 1.94. The SMILES string of the molecule is CN(c1nccnc1CNc1nc(Nc2ccc(C(N)=O)cc2CF)ncc1C(F)(F)F)S(C)(=O)=O. The van der Waals surface area contributed by atoms with Crippen molar-refractivity contribution < 1.29 is 30.8 Å². The fourth-order valence-electron chi connectivity index (χ4n) is 2.96. The molecule has 3 aromatic rings. The van der Waals surface area contributed by atoms with Crippen LogP contribution in [0.15, 0.2) is 36.8 Å². The number of rotatable bonds is 9. The molecule has 4 N–H and O–H groups in total. The maximum Gasteiger partial charge on any atom is 0.421 e. The van der Waals surface area contributed by atoms with Crippen molar-refractivity contribution in [3.8, 4) is 0 Å². The molecule has 16 heteroatoms. The molecular formula is C20H20F4N8O3S. The quantitative estimate of drug-likeness (QED) is 0.355. The molecule has 0 fully saturated rings. The predicted octanol–water partition coefficient (Wildman–Crippen LogP) is 2.61. The molecule has 36 heavy (non-hydrogen) atoms. The number of benzene rings is 1. The molecule has 11 nitrogen and oxygen atoms in total. The Morgan fingerprint density at radius 2 is 1.86 bits per heavy atom. The van der Waals surface area contributed by atoms with E-state index in [4.69, 9.17) is 5.73 Å². The van der Waals surface area contributed by atoms with E-state index in [9.17, 15) is 30.8 Å². The van der Waals surface area contributed by atoms with Crippen LogP contribution in [0.3, 0.4) is 0 Å². The largest absolute Gasteiger partial charge is 0.421 e. The van der Waals surface area contributed by atoms with Crippen LogP contribution in [-0.4, -0.2) is 47.6 Å². The number of carbonyl (C=O) groups is 1. The van der Waals surface area contributed by atoms with Crippen LogP contribution in [0.2, 0.25) is 0 Å². The Hall–Kier alpha value is -4.08. The van der Waals surface area contributed by atoms with Crippen molar-refractivity contribution in [3.63, 3.8) is 0 Å². The first kappa shape index (κ1) is 26.5. The van der Waals surface area contributed by atoms with E-state index in [1.54, 1.807) is 0 Å². The second-order valence-corrected chi connectivity index (χ2v) is 9.37. The van der Waals surface area contributed by atoms with Gasteiger partial charge in [-0.25, -0.2) is 22.8 Å². The Morgan fingerprint density at radius 3 is 2.47 bits per heavy atom. The lowest BCUT2D eigenvalue weighted by Gasteiger charge is -2.19. The van der Waals surface area contributed by atoms with Crippen molar-refractivity contribution in [1.29, 1.82) is 0 Å². The first-order valence-electron chi connectivity index (χ1n) is 9.99. The highest BCUT2D eigenvalue weighted by Crippen LogP contribution is 2.34. The van der Waals surface area contributed by atoms with Gasteiger partial charge in [0.25, 0.3) is 0 Å². The number of nitrogens with two attached hydrogens (primary N) is 1. The fourth-order valence-corrected chi connectivity index (χ4v) is 3.42. The van der Waals surface area contributed by atoms with E-state index < -0.39 is 40.2 Å². The average Bonchev–Trinajstić information content (AvgIpc) is 2.81. The van der Waals surface area contributed by atoms with E-state index in [2.05, 4.69) is 30.6 Å². The van der Waals surface area contributed by atoms with Gasteiger partial charge in [0.2, 0.25) is 21.9 Å². The number of carbonyl (C=O) groups excluding carboxylic acids is 1. The summed E-state index contributed by atoms with van der Waals surface area (Å²) < 4.78 is 78.8. The van der Waals surface area contributed by atoms with E-state index in [1.807, 2.05) is 0 Å². The molecule has 2 aromatic heterocycles.